The molecule has 4 heterocycles. The van der Waals surface area contributed by atoms with Crippen LogP contribution in [0.15, 0.2) is 55.2 Å². The van der Waals surface area contributed by atoms with Crippen molar-refractivity contribution >= 4 is 5.82 Å². The molecule has 4 aromatic heterocycles. The third-order valence-corrected chi connectivity index (χ3v) is 4.25. The lowest BCUT2D eigenvalue weighted by molar-refractivity contribution is -0.141. The van der Waals surface area contributed by atoms with Crippen LogP contribution in [0.4, 0.5) is 32.2 Å². The first-order valence-corrected chi connectivity index (χ1v) is 8.77. The number of alkyl halides is 6. The smallest absolute Gasteiger partial charge is 0.384 e. The highest BCUT2D eigenvalue weighted by molar-refractivity contribution is 5.61. The van der Waals surface area contributed by atoms with Gasteiger partial charge in [-0.15, -0.1) is 0 Å². The molecular weight excluding hydrogens is 440 g/mol. The molecule has 4 rings (SSSR count). The van der Waals surface area contributed by atoms with Crippen LogP contribution < -0.4 is 5.73 Å². The van der Waals surface area contributed by atoms with Crippen LogP contribution in [0, 0.1) is 0 Å². The molecular formula is C19H11F6N7. The number of imidazole rings is 1. The standard InChI is InChI=1S/C19H11F6N7/c20-18(21,22)14-3-1-10(6-27-14)12-5-15(19(23,24)25)31-17(30-12)32-8-13(29-9-32)11-2-4-16(26)28-7-11/h1-9H,(H2,26,28). The zero-order chi connectivity index (χ0) is 23.1. The Hall–Kier alpha value is -4.03. The van der Waals surface area contributed by atoms with Gasteiger partial charge < -0.3 is 5.73 Å². The Kier molecular flexibility index (Phi) is 5.03. The van der Waals surface area contributed by atoms with Crippen molar-refractivity contribution in [1.82, 2.24) is 29.5 Å². The molecule has 0 fully saturated rings. The number of nitrogens with zero attached hydrogens (tertiary/aromatic N) is 6. The third-order valence-electron chi connectivity index (χ3n) is 4.25. The van der Waals surface area contributed by atoms with Crippen molar-refractivity contribution < 1.29 is 26.3 Å². The van der Waals surface area contributed by atoms with E-state index in [2.05, 4.69) is 24.9 Å². The Morgan fingerprint density at radius 2 is 1.38 bits per heavy atom. The summed E-state index contributed by atoms with van der Waals surface area (Å²) in [5.74, 6) is -0.0962. The summed E-state index contributed by atoms with van der Waals surface area (Å²) in [7, 11) is 0. The Morgan fingerprint density at radius 1 is 0.719 bits per heavy atom. The van der Waals surface area contributed by atoms with Gasteiger partial charge in [-0.25, -0.2) is 19.9 Å². The van der Waals surface area contributed by atoms with E-state index in [4.69, 9.17) is 5.73 Å². The highest BCUT2D eigenvalue weighted by Gasteiger charge is 2.35. The zero-order valence-corrected chi connectivity index (χ0v) is 15.7. The molecule has 32 heavy (non-hydrogen) atoms. The lowest BCUT2D eigenvalue weighted by atomic mass is 10.1. The van der Waals surface area contributed by atoms with Gasteiger partial charge in [0.15, 0.2) is 5.69 Å². The minimum Gasteiger partial charge on any atom is -0.384 e. The second-order valence-corrected chi connectivity index (χ2v) is 6.50. The average Bonchev–Trinajstić information content (AvgIpc) is 3.23. The largest absolute Gasteiger partial charge is 0.433 e. The second-order valence-electron chi connectivity index (χ2n) is 6.50. The van der Waals surface area contributed by atoms with Gasteiger partial charge in [0, 0.05) is 29.7 Å². The maximum absolute atomic E-state index is 13.4. The van der Waals surface area contributed by atoms with E-state index in [1.165, 1.54) is 24.8 Å². The van der Waals surface area contributed by atoms with Crippen LogP contribution in [0.25, 0.3) is 28.5 Å². The fourth-order valence-electron chi connectivity index (χ4n) is 2.69. The normalized spacial score (nSPS) is 12.2. The highest BCUT2D eigenvalue weighted by atomic mass is 19.4. The summed E-state index contributed by atoms with van der Waals surface area (Å²) >= 11 is 0. The minimum absolute atomic E-state index is 0.0461. The predicted molar refractivity (Wildman–Crippen MR) is 100 cm³/mol. The highest BCUT2D eigenvalue weighted by Crippen LogP contribution is 2.32. The number of nitrogens with two attached hydrogens (primary N) is 1. The topological polar surface area (TPSA) is 95.4 Å². The van der Waals surface area contributed by atoms with Crippen LogP contribution in [0.1, 0.15) is 11.4 Å². The Balaban J connectivity index is 1.77. The van der Waals surface area contributed by atoms with Gasteiger partial charge in [-0.3, -0.25) is 9.55 Å². The number of anilines is 1. The van der Waals surface area contributed by atoms with Crippen molar-refractivity contribution in [2.75, 3.05) is 5.73 Å². The first-order chi connectivity index (χ1) is 15.0. The van der Waals surface area contributed by atoms with Gasteiger partial charge in [0.25, 0.3) is 0 Å². The first-order valence-electron chi connectivity index (χ1n) is 8.77. The van der Waals surface area contributed by atoms with Gasteiger partial charge in [0.2, 0.25) is 5.95 Å². The lowest BCUT2D eigenvalue weighted by Gasteiger charge is -2.11. The molecule has 0 saturated heterocycles. The first kappa shape index (κ1) is 21.2. The average molecular weight is 451 g/mol. The van der Waals surface area contributed by atoms with E-state index in [1.807, 2.05) is 0 Å². The molecule has 164 valence electrons. The molecule has 7 nitrogen and oxygen atoms in total. The summed E-state index contributed by atoms with van der Waals surface area (Å²) in [6.45, 7) is 0. The van der Waals surface area contributed by atoms with Gasteiger partial charge in [-0.1, -0.05) is 0 Å². The molecule has 0 aliphatic heterocycles. The van der Waals surface area contributed by atoms with Crippen molar-refractivity contribution in [2.45, 2.75) is 12.4 Å². The van der Waals surface area contributed by atoms with Crippen molar-refractivity contribution in [3.05, 3.63) is 66.6 Å². The Labute approximate surface area is 175 Å². The molecule has 0 amide bonds. The van der Waals surface area contributed by atoms with Crippen LogP contribution in [-0.4, -0.2) is 29.5 Å². The predicted octanol–water partition coefficient (Wildman–Crippen LogP) is 4.41. The molecule has 0 spiro atoms. The molecule has 0 radical (unpaired) electrons. The number of hydrogen-bond acceptors (Lipinski definition) is 6. The van der Waals surface area contributed by atoms with Crippen LogP contribution in [0.2, 0.25) is 0 Å². The fraction of sp³-hybridized carbons (Fsp3) is 0.105. The summed E-state index contributed by atoms with van der Waals surface area (Å²) in [5, 5.41) is 0. The molecule has 0 unspecified atom stereocenters. The summed E-state index contributed by atoms with van der Waals surface area (Å²) < 4.78 is 79.6. The van der Waals surface area contributed by atoms with Gasteiger partial charge in [-0.2, -0.15) is 26.3 Å². The Morgan fingerprint density at radius 3 is 1.97 bits per heavy atom. The van der Waals surface area contributed by atoms with Crippen LogP contribution in [0.5, 0.6) is 0 Å². The van der Waals surface area contributed by atoms with E-state index in [9.17, 15) is 26.3 Å². The molecule has 0 aliphatic rings. The molecule has 0 aromatic carbocycles. The third kappa shape index (κ3) is 4.36. The Bertz CT molecular complexity index is 1250. The maximum Gasteiger partial charge on any atom is 0.433 e. The second kappa shape index (κ2) is 7.59. The maximum atomic E-state index is 13.4. The molecule has 0 aliphatic carbocycles. The SMILES string of the molecule is Nc1ccc(-c2cn(-c3nc(-c4ccc(C(F)(F)F)nc4)cc(C(F)(F)F)n3)cn2)cn1. The lowest BCUT2D eigenvalue weighted by Crippen LogP contribution is -2.12. The van der Waals surface area contributed by atoms with E-state index in [-0.39, 0.29) is 23.0 Å². The molecule has 0 saturated carbocycles. The van der Waals surface area contributed by atoms with Gasteiger partial charge in [-0.05, 0) is 30.3 Å². The molecule has 0 atom stereocenters. The van der Waals surface area contributed by atoms with Crippen molar-refractivity contribution in [2.24, 2.45) is 0 Å². The summed E-state index contributed by atoms with van der Waals surface area (Å²) in [6, 6.07) is 5.44. The number of hydrogen-bond donors (Lipinski definition) is 1. The van der Waals surface area contributed by atoms with Crippen molar-refractivity contribution in [3.63, 3.8) is 0 Å². The van der Waals surface area contributed by atoms with E-state index in [0.29, 0.717) is 23.4 Å². The quantitative estimate of drug-likeness (QED) is 0.464. The summed E-state index contributed by atoms with van der Waals surface area (Å²) in [5.41, 5.74) is 3.70. The van der Waals surface area contributed by atoms with E-state index in [0.717, 1.165) is 16.8 Å². The number of rotatable bonds is 3. The van der Waals surface area contributed by atoms with Gasteiger partial charge in [0.1, 0.15) is 17.8 Å². The zero-order valence-electron chi connectivity index (χ0n) is 15.7. The molecule has 4 aromatic rings. The van der Waals surface area contributed by atoms with E-state index in [1.54, 1.807) is 6.07 Å². The number of halogens is 6. The molecule has 13 heteroatoms. The number of aromatic nitrogens is 6. The molecule has 0 bridgehead atoms. The molecule has 2 N–H and O–H groups in total. The van der Waals surface area contributed by atoms with Crippen LogP contribution in [-0.2, 0) is 12.4 Å². The van der Waals surface area contributed by atoms with Crippen molar-refractivity contribution in [3.8, 4) is 28.5 Å². The fourth-order valence-corrected chi connectivity index (χ4v) is 2.69. The number of pyridine rings is 2. The van der Waals surface area contributed by atoms with Crippen LogP contribution in [0.3, 0.4) is 0 Å². The summed E-state index contributed by atoms with van der Waals surface area (Å²) in [6.07, 6.45) is -4.68. The monoisotopic (exact) mass is 451 g/mol. The summed E-state index contributed by atoms with van der Waals surface area (Å²) in [4.78, 5) is 18.9. The van der Waals surface area contributed by atoms with Gasteiger partial charge >= 0.3 is 12.4 Å². The number of nitrogen functional groups attached to an aromatic ring is 1. The van der Waals surface area contributed by atoms with Crippen molar-refractivity contribution in [1.29, 1.82) is 0 Å². The minimum atomic E-state index is -4.82. The van der Waals surface area contributed by atoms with Gasteiger partial charge in [0.05, 0.1) is 11.4 Å². The van der Waals surface area contributed by atoms with E-state index < -0.39 is 23.7 Å². The van der Waals surface area contributed by atoms with Crippen LogP contribution >= 0.6 is 0 Å². The van der Waals surface area contributed by atoms with E-state index >= 15 is 0 Å².